The first-order valence-electron chi connectivity index (χ1n) is 15.1. The van der Waals surface area contributed by atoms with Gasteiger partial charge in [-0.05, 0) is 38.0 Å². The number of fused-ring (bicyclic) bond motifs is 1. The zero-order valence-electron chi connectivity index (χ0n) is 24.8. The number of ether oxygens (including phenoxy) is 2. The number of aliphatic hydroxyl groups excluding tert-OH is 1. The highest BCUT2D eigenvalue weighted by molar-refractivity contribution is 6.00. The number of morpholine rings is 1. The first-order valence-corrected chi connectivity index (χ1v) is 15.1. The van der Waals surface area contributed by atoms with E-state index in [0.29, 0.717) is 56.3 Å². The summed E-state index contributed by atoms with van der Waals surface area (Å²) in [5.74, 6) is -0.104. The normalized spacial score (nSPS) is 23.0. The van der Waals surface area contributed by atoms with Crippen molar-refractivity contribution in [3.63, 3.8) is 0 Å². The topological polar surface area (TPSA) is 124 Å². The maximum absolute atomic E-state index is 13.7. The zero-order valence-corrected chi connectivity index (χ0v) is 24.8. The minimum absolute atomic E-state index is 0.106. The molecule has 41 heavy (non-hydrogen) atoms. The van der Waals surface area contributed by atoms with Crippen LogP contribution in [-0.4, -0.2) is 115 Å². The van der Waals surface area contributed by atoms with E-state index >= 15 is 0 Å². The Morgan fingerprint density at radius 2 is 1.90 bits per heavy atom. The molecule has 1 aromatic rings. The van der Waals surface area contributed by atoms with Crippen LogP contribution in [-0.2, 0) is 9.53 Å². The van der Waals surface area contributed by atoms with Crippen molar-refractivity contribution < 1.29 is 29.0 Å². The molecule has 2 heterocycles. The first kappa shape index (κ1) is 31.1. The van der Waals surface area contributed by atoms with Crippen LogP contribution >= 0.6 is 0 Å². The molecule has 1 aromatic carbocycles. The van der Waals surface area contributed by atoms with Gasteiger partial charge in [-0.25, -0.2) is 4.79 Å². The number of hydrogen-bond donors (Lipinski definition) is 3. The molecule has 4 rings (SSSR count). The van der Waals surface area contributed by atoms with E-state index in [-0.39, 0.29) is 42.5 Å². The minimum Gasteiger partial charge on any atom is -0.487 e. The highest BCUT2D eigenvalue weighted by Gasteiger charge is 2.34. The molecular formula is C30H47N5O6. The van der Waals surface area contributed by atoms with Crippen molar-refractivity contribution in [2.75, 3.05) is 64.9 Å². The third-order valence-electron chi connectivity index (χ3n) is 8.44. The van der Waals surface area contributed by atoms with Crippen molar-refractivity contribution in [1.82, 2.24) is 20.0 Å². The van der Waals surface area contributed by atoms with E-state index in [9.17, 15) is 19.5 Å². The molecule has 2 fully saturated rings. The van der Waals surface area contributed by atoms with Crippen molar-refractivity contribution in [2.24, 2.45) is 5.92 Å². The average Bonchev–Trinajstić information content (AvgIpc) is 2.98. The first-order chi connectivity index (χ1) is 19.7. The maximum Gasteiger partial charge on any atom is 0.317 e. The SMILES string of the molecule is C[C@@H]1CN([C@@H](C)CO)C(=O)c2cc(NC(=O)CCN3CCOCC3)ccc2O[C@H]1CN(C)C(=O)NC1CCCCC1. The van der Waals surface area contributed by atoms with E-state index in [2.05, 4.69) is 15.5 Å². The molecule has 1 saturated carbocycles. The fourth-order valence-electron chi connectivity index (χ4n) is 5.71. The summed E-state index contributed by atoms with van der Waals surface area (Å²) in [5, 5.41) is 16.0. The van der Waals surface area contributed by atoms with Crippen LogP contribution in [0.15, 0.2) is 18.2 Å². The molecule has 1 aliphatic carbocycles. The standard InChI is InChI=1S/C30H47N5O6/c1-21-18-35(22(2)20-36)29(38)25-17-24(31-28(37)11-12-34-13-15-40-16-14-34)9-10-26(25)41-27(21)19-33(3)30(39)32-23-7-5-4-6-8-23/h9-10,17,21-23,27,36H,4-8,11-16,18-20H2,1-3H3,(H,31,37)(H,32,39)/t21-,22+,27+/m1/s1. The summed E-state index contributed by atoms with van der Waals surface area (Å²) < 4.78 is 11.8. The molecule has 0 radical (unpaired) electrons. The largest absolute Gasteiger partial charge is 0.487 e. The molecule has 1 saturated heterocycles. The number of nitrogens with zero attached hydrogens (tertiary/aromatic N) is 3. The van der Waals surface area contributed by atoms with E-state index in [0.717, 1.165) is 38.8 Å². The van der Waals surface area contributed by atoms with E-state index in [4.69, 9.17) is 9.47 Å². The van der Waals surface area contributed by atoms with Gasteiger partial charge in [-0.2, -0.15) is 0 Å². The number of aliphatic hydroxyl groups is 1. The Labute approximate surface area is 243 Å². The minimum atomic E-state index is -0.407. The second kappa shape index (κ2) is 14.8. The molecule has 228 valence electrons. The number of likely N-dealkylation sites (N-methyl/N-ethyl adjacent to an activating group) is 1. The predicted octanol–water partition coefficient (Wildman–Crippen LogP) is 2.54. The van der Waals surface area contributed by atoms with Crippen LogP contribution < -0.4 is 15.4 Å². The summed E-state index contributed by atoms with van der Waals surface area (Å²) in [6.07, 6.45) is 5.46. The van der Waals surface area contributed by atoms with Crippen molar-refractivity contribution in [1.29, 1.82) is 0 Å². The Hall–Kier alpha value is -2.89. The van der Waals surface area contributed by atoms with E-state index in [1.165, 1.54) is 6.42 Å². The summed E-state index contributed by atoms with van der Waals surface area (Å²) in [6, 6.07) is 4.77. The van der Waals surface area contributed by atoms with Crippen molar-refractivity contribution in [3.05, 3.63) is 23.8 Å². The summed E-state index contributed by atoms with van der Waals surface area (Å²) in [7, 11) is 1.77. The molecule has 11 heteroatoms. The Morgan fingerprint density at radius 1 is 1.17 bits per heavy atom. The van der Waals surface area contributed by atoms with Gasteiger partial charge in [0, 0.05) is 57.3 Å². The van der Waals surface area contributed by atoms with Gasteiger partial charge in [0.25, 0.3) is 5.91 Å². The molecule has 3 N–H and O–H groups in total. The number of benzene rings is 1. The Kier molecular flexibility index (Phi) is 11.2. The number of rotatable bonds is 9. The summed E-state index contributed by atoms with van der Waals surface area (Å²) in [4.78, 5) is 44.9. The third-order valence-corrected chi connectivity index (χ3v) is 8.44. The molecule has 3 aliphatic rings. The van der Waals surface area contributed by atoms with Crippen LogP contribution in [0.25, 0.3) is 0 Å². The third kappa shape index (κ3) is 8.56. The van der Waals surface area contributed by atoms with Crippen LogP contribution in [0.2, 0.25) is 0 Å². The van der Waals surface area contributed by atoms with Gasteiger partial charge < -0.3 is 35.0 Å². The summed E-state index contributed by atoms with van der Waals surface area (Å²) in [6.45, 7) is 7.95. The van der Waals surface area contributed by atoms with Gasteiger partial charge in [0.1, 0.15) is 11.9 Å². The van der Waals surface area contributed by atoms with E-state index < -0.39 is 6.04 Å². The predicted molar refractivity (Wildman–Crippen MR) is 156 cm³/mol. The lowest BCUT2D eigenvalue weighted by Gasteiger charge is -2.38. The van der Waals surface area contributed by atoms with Crippen LogP contribution in [0.5, 0.6) is 5.75 Å². The number of hydrogen-bond acceptors (Lipinski definition) is 7. The Balaban J connectivity index is 1.47. The quantitative estimate of drug-likeness (QED) is 0.415. The smallest absolute Gasteiger partial charge is 0.317 e. The molecule has 11 nitrogen and oxygen atoms in total. The van der Waals surface area contributed by atoms with Gasteiger partial charge in [-0.1, -0.05) is 26.2 Å². The molecule has 0 spiro atoms. The van der Waals surface area contributed by atoms with Gasteiger partial charge >= 0.3 is 6.03 Å². The highest BCUT2D eigenvalue weighted by Crippen LogP contribution is 2.31. The number of nitrogens with one attached hydrogen (secondary N) is 2. The van der Waals surface area contributed by atoms with Crippen LogP contribution in [0, 0.1) is 5.92 Å². The van der Waals surface area contributed by atoms with Crippen LogP contribution in [0.4, 0.5) is 10.5 Å². The second-order valence-electron chi connectivity index (χ2n) is 11.8. The van der Waals surface area contributed by atoms with Crippen LogP contribution in [0.3, 0.4) is 0 Å². The summed E-state index contributed by atoms with van der Waals surface area (Å²) >= 11 is 0. The monoisotopic (exact) mass is 573 g/mol. The van der Waals surface area contributed by atoms with E-state index in [1.54, 1.807) is 35.0 Å². The van der Waals surface area contributed by atoms with Crippen molar-refractivity contribution >= 4 is 23.5 Å². The van der Waals surface area contributed by atoms with E-state index in [1.807, 2.05) is 13.8 Å². The molecule has 3 atom stereocenters. The average molecular weight is 574 g/mol. The molecule has 0 unspecified atom stereocenters. The maximum atomic E-state index is 13.7. The Bertz CT molecular complexity index is 1040. The fraction of sp³-hybridized carbons (Fsp3) is 0.700. The molecule has 0 aromatic heterocycles. The number of amides is 4. The number of anilines is 1. The van der Waals surface area contributed by atoms with Gasteiger partial charge in [-0.3, -0.25) is 14.5 Å². The number of carbonyl (C=O) groups excluding carboxylic acids is 3. The van der Waals surface area contributed by atoms with Crippen molar-refractivity contribution in [3.8, 4) is 5.75 Å². The highest BCUT2D eigenvalue weighted by atomic mass is 16.5. The lowest BCUT2D eigenvalue weighted by Crippen LogP contribution is -2.52. The molecule has 4 amide bonds. The van der Waals surface area contributed by atoms with Gasteiger partial charge in [0.2, 0.25) is 5.91 Å². The summed E-state index contributed by atoms with van der Waals surface area (Å²) in [5.41, 5.74) is 0.834. The molecular weight excluding hydrogens is 526 g/mol. The van der Waals surface area contributed by atoms with Crippen molar-refractivity contribution in [2.45, 2.75) is 70.6 Å². The van der Waals surface area contributed by atoms with Gasteiger partial charge in [0.05, 0.1) is 38.0 Å². The molecule has 0 bridgehead atoms. The van der Waals surface area contributed by atoms with Gasteiger partial charge in [-0.15, -0.1) is 0 Å². The lowest BCUT2D eigenvalue weighted by molar-refractivity contribution is -0.116. The number of carbonyl (C=O) groups is 3. The van der Waals surface area contributed by atoms with Crippen LogP contribution in [0.1, 0.15) is 62.7 Å². The molecule has 2 aliphatic heterocycles. The fourth-order valence-corrected chi connectivity index (χ4v) is 5.71. The second-order valence-corrected chi connectivity index (χ2v) is 11.8. The van der Waals surface area contributed by atoms with Gasteiger partial charge in [0.15, 0.2) is 0 Å². The Morgan fingerprint density at radius 3 is 2.61 bits per heavy atom. The zero-order chi connectivity index (χ0) is 29.4. The number of urea groups is 1. The lowest BCUT2D eigenvalue weighted by atomic mass is 9.96.